The number of methoxy groups -OCH3 is 1. The molecular weight excluding hydrogens is 218 g/mol. The molecular formula is C9H9NO2S2. The first-order valence-electron chi connectivity index (χ1n) is 3.98. The number of hydrogen-bond acceptors (Lipinski definition) is 4. The summed E-state index contributed by atoms with van der Waals surface area (Å²) in [6.45, 7) is 0. The molecule has 0 saturated heterocycles. The van der Waals surface area contributed by atoms with Gasteiger partial charge in [-0.1, -0.05) is 0 Å². The third-order valence-corrected chi connectivity index (χ3v) is 4.19. The Kier molecular flexibility index (Phi) is 2.52. The van der Waals surface area contributed by atoms with Gasteiger partial charge in [0.25, 0.3) is 0 Å². The van der Waals surface area contributed by atoms with E-state index in [4.69, 9.17) is 4.74 Å². The van der Waals surface area contributed by atoms with Crippen LogP contribution < -0.4 is 4.74 Å². The van der Waals surface area contributed by atoms with E-state index >= 15 is 0 Å². The highest BCUT2D eigenvalue weighted by atomic mass is 32.2. The van der Waals surface area contributed by atoms with Crippen molar-refractivity contribution in [2.24, 2.45) is 0 Å². The van der Waals surface area contributed by atoms with Crippen molar-refractivity contribution in [3.05, 3.63) is 18.2 Å². The van der Waals surface area contributed by atoms with Gasteiger partial charge < -0.3 is 4.74 Å². The van der Waals surface area contributed by atoms with Gasteiger partial charge in [0.1, 0.15) is 5.75 Å². The second-order valence-corrected chi connectivity index (χ2v) is 5.35. The van der Waals surface area contributed by atoms with Crippen LogP contribution in [0.2, 0.25) is 0 Å². The van der Waals surface area contributed by atoms with Crippen LogP contribution in [0.4, 0.5) is 0 Å². The molecule has 1 atom stereocenters. The van der Waals surface area contributed by atoms with Crippen molar-refractivity contribution in [3.8, 4) is 5.75 Å². The molecule has 0 N–H and O–H groups in total. The van der Waals surface area contributed by atoms with Crippen LogP contribution in [-0.2, 0) is 10.8 Å². The molecule has 0 saturated carbocycles. The van der Waals surface area contributed by atoms with Gasteiger partial charge in [0.05, 0.1) is 28.1 Å². The van der Waals surface area contributed by atoms with E-state index < -0.39 is 10.8 Å². The Morgan fingerprint density at radius 2 is 2.29 bits per heavy atom. The minimum Gasteiger partial charge on any atom is -0.497 e. The van der Waals surface area contributed by atoms with Gasteiger partial charge in [-0.05, 0) is 12.1 Å². The number of benzene rings is 1. The van der Waals surface area contributed by atoms with Crippen LogP contribution in [0.25, 0.3) is 10.2 Å². The molecule has 0 aliphatic heterocycles. The van der Waals surface area contributed by atoms with Gasteiger partial charge in [-0.15, -0.1) is 11.3 Å². The number of hydrogen-bond donors (Lipinski definition) is 0. The Balaban J connectivity index is 2.60. The van der Waals surface area contributed by atoms with Crippen molar-refractivity contribution in [1.29, 1.82) is 0 Å². The van der Waals surface area contributed by atoms with Gasteiger partial charge in [-0.3, -0.25) is 4.21 Å². The zero-order valence-electron chi connectivity index (χ0n) is 7.81. The van der Waals surface area contributed by atoms with Crippen LogP contribution in [0.1, 0.15) is 0 Å². The fraction of sp³-hybridized carbons (Fsp3) is 0.222. The summed E-state index contributed by atoms with van der Waals surface area (Å²) in [6, 6.07) is 5.66. The smallest absolute Gasteiger partial charge is 0.181 e. The second kappa shape index (κ2) is 3.67. The zero-order valence-corrected chi connectivity index (χ0v) is 9.45. The van der Waals surface area contributed by atoms with Crippen molar-refractivity contribution in [3.63, 3.8) is 0 Å². The van der Waals surface area contributed by atoms with Crippen molar-refractivity contribution in [1.82, 2.24) is 4.98 Å². The number of nitrogens with zero attached hydrogens (tertiary/aromatic N) is 1. The molecule has 0 radical (unpaired) electrons. The van der Waals surface area contributed by atoms with E-state index in [9.17, 15) is 4.21 Å². The number of aromatic nitrogens is 1. The second-order valence-electron chi connectivity index (χ2n) is 2.77. The summed E-state index contributed by atoms with van der Waals surface area (Å²) >= 11 is 1.46. The summed E-state index contributed by atoms with van der Waals surface area (Å²) in [5, 5.41) is 0. The first-order valence-corrected chi connectivity index (χ1v) is 6.36. The van der Waals surface area contributed by atoms with Crippen molar-refractivity contribution in [2.75, 3.05) is 13.4 Å². The third-order valence-electron chi connectivity index (χ3n) is 1.82. The molecule has 1 aromatic carbocycles. The summed E-state index contributed by atoms with van der Waals surface area (Å²) in [5.41, 5.74) is 0.847. The topological polar surface area (TPSA) is 39.2 Å². The van der Waals surface area contributed by atoms with Crippen LogP contribution in [0.15, 0.2) is 22.5 Å². The largest absolute Gasteiger partial charge is 0.497 e. The van der Waals surface area contributed by atoms with Crippen LogP contribution in [0.3, 0.4) is 0 Å². The summed E-state index contributed by atoms with van der Waals surface area (Å²) in [4.78, 5) is 4.26. The van der Waals surface area contributed by atoms with Crippen LogP contribution >= 0.6 is 11.3 Å². The summed E-state index contributed by atoms with van der Waals surface area (Å²) in [7, 11) is 0.614. The Hall–Kier alpha value is -0.940. The van der Waals surface area contributed by atoms with E-state index in [0.29, 0.717) is 4.34 Å². The molecule has 1 aromatic heterocycles. The molecule has 74 valence electrons. The molecule has 1 unspecified atom stereocenters. The zero-order chi connectivity index (χ0) is 10.1. The molecule has 0 aliphatic carbocycles. The third kappa shape index (κ3) is 1.65. The van der Waals surface area contributed by atoms with E-state index in [0.717, 1.165) is 16.0 Å². The van der Waals surface area contributed by atoms with E-state index in [1.807, 2.05) is 18.2 Å². The molecule has 1 heterocycles. The minimum atomic E-state index is -1.00. The molecule has 2 aromatic rings. The highest BCUT2D eigenvalue weighted by Gasteiger charge is 2.07. The van der Waals surface area contributed by atoms with Crippen molar-refractivity contribution in [2.45, 2.75) is 4.34 Å². The predicted octanol–water partition coefficient (Wildman–Crippen LogP) is 2.04. The van der Waals surface area contributed by atoms with Gasteiger partial charge in [0, 0.05) is 12.3 Å². The molecule has 0 amide bonds. The van der Waals surface area contributed by atoms with Crippen LogP contribution in [-0.4, -0.2) is 22.6 Å². The van der Waals surface area contributed by atoms with E-state index in [1.54, 1.807) is 13.4 Å². The minimum absolute atomic E-state index is 0.660. The summed E-state index contributed by atoms with van der Waals surface area (Å²) < 4.78 is 18.0. The number of fused-ring (bicyclic) bond motifs is 1. The van der Waals surface area contributed by atoms with E-state index in [2.05, 4.69) is 4.98 Å². The van der Waals surface area contributed by atoms with E-state index in [-0.39, 0.29) is 0 Å². The van der Waals surface area contributed by atoms with Crippen LogP contribution in [0.5, 0.6) is 5.75 Å². The molecule has 0 aliphatic rings. The first kappa shape index (κ1) is 9.61. The lowest BCUT2D eigenvalue weighted by Gasteiger charge is -1.96. The Bertz CT molecular complexity index is 493. The molecule has 5 heteroatoms. The van der Waals surface area contributed by atoms with E-state index in [1.165, 1.54) is 11.3 Å². The van der Waals surface area contributed by atoms with Gasteiger partial charge in [-0.2, -0.15) is 0 Å². The van der Waals surface area contributed by atoms with Gasteiger partial charge in [0.2, 0.25) is 0 Å². The standard InChI is InChI=1S/C9H9NO2S2/c1-12-6-3-4-8-7(5-6)10-9(13-8)14(2)11/h3-5H,1-2H3. The lowest BCUT2D eigenvalue weighted by molar-refractivity contribution is 0.415. The summed E-state index contributed by atoms with van der Waals surface area (Å²) in [5.74, 6) is 0.774. The number of ether oxygens (including phenoxy) is 1. The average molecular weight is 227 g/mol. The maximum Gasteiger partial charge on any atom is 0.181 e. The maximum absolute atomic E-state index is 11.2. The molecule has 3 nitrogen and oxygen atoms in total. The van der Waals surface area contributed by atoms with Crippen LogP contribution in [0, 0.1) is 0 Å². The fourth-order valence-electron chi connectivity index (χ4n) is 1.14. The predicted molar refractivity (Wildman–Crippen MR) is 58.5 cm³/mol. The molecule has 0 spiro atoms. The molecule has 0 fully saturated rings. The first-order chi connectivity index (χ1) is 6.70. The average Bonchev–Trinajstić information content (AvgIpc) is 2.59. The maximum atomic E-state index is 11.2. The highest BCUT2D eigenvalue weighted by molar-refractivity contribution is 7.86. The Morgan fingerprint density at radius 1 is 1.50 bits per heavy atom. The molecule has 2 rings (SSSR count). The Morgan fingerprint density at radius 3 is 2.93 bits per heavy atom. The highest BCUT2D eigenvalue weighted by Crippen LogP contribution is 2.27. The summed E-state index contributed by atoms with van der Waals surface area (Å²) in [6.07, 6.45) is 1.63. The SMILES string of the molecule is COc1ccc2sc(S(C)=O)nc2c1. The lowest BCUT2D eigenvalue weighted by atomic mass is 10.3. The Labute approximate surface area is 88.2 Å². The normalized spacial score (nSPS) is 13.0. The molecule has 14 heavy (non-hydrogen) atoms. The van der Waals surface area contributed by atoms with Gasteiger partial charge >= 0.3 is 0 Å². The molecule has 0 bridgehead atoms. The van der Waals surface area contributed by atoms with Gasteiger partial charge in [0.15, 0.2) is 4.34 Å². The lowest BCUT2D eigenvalue weighted by Crippen LogP contribution is -1.84. The monoisotopic (exact) mass is 227 g/mol. The quantitative estimate of drug-likeness (QED) is 0.788. The number of thiazole rings is 1. The van der Waals surface area contributed by atoms with Crippen molar-refractivity contribution >= 4 is 32.4 Å². The fourth-order valence-corrected chi connectivity index (χ4v) is 2.78. The van der Waals surface area contributed by atoms with Crippen molar-refractivity contribution < 1.29 is 8.95 Å². The van der Waals surface area contributed by atoms with Gasteiger partial charge in [-0.25, -0.2) is 4.98 Å². The number of rotatable bonds is 2.